The molecule has 29 heavy (non-hydrogen) atoms. The molecule has 3 aromatic rings. The number of non-ortho nitro benzene ring substituents is 1. The molecule has 0 bridgehead atoms. The van der Waals surface area contributed by atoms with Gasteiger partial charge in [-0.15, -0.1) is 0 Å². The van der Waals surface area contributed by atoms with E-state index >= 15 is 0 Å². The smallest absolute Gasteiger partial charge is 0.269 e. The number of nitrogens with zero attached hydrogens (tertiary/aromatic N) is 3. The second kappa shape index (κ2) is 7.79. The standard InChI is InChI=1S/C23H25N3O3/c1-16-22(23(27)18-9-11-19(12-10-18)26(28)29)20-7-3-4-8-21(20)25(16)15-17-6-5-13-24(2)14-17/h3-4,7-12,17H,5-6,13-15H2,1-2H3. The van der Waals surface area contributed by atoms with Gasteiger partial charge in [-0.1, -0.05) is 18.2 Å². The number of carbonyl (C=O) groups excluding carboxylic acids is 1. The molecule has 2 aromatic carbocycles. The van der Waals surface area contributed by atoms with Gasteiger partial charge < -0.3 is 9.47 Å². The summed E-state index contributed by atoms with van der Waals surface area (Å²) in [6.07, 6.45) is 2.40. The van der Waals surface area contributed by atoms with Crippen molar-refractivity contribution in [2.45, 2.75) is 26.3 Å². The van der Waals surface area contributed by atoms with E-state index in [1.165, 1.54) is 25.0 Å². The lowest BCUT2D eigenvalue weighted by Crippen LogP contribution is -2.34. The SMILES string of the molecule is Cc1c(C(=O)c2ccc([N+](=O)[O-])cc2)c2ccccc2n1CC1CCCN(C)C1. The predicted molar refractivity (Wildman–Crippen MR) is 113 cm³/mol. The number of likely N-dealkylation sites (tertiary alicyclic amines) is 1. The first kappa shape index (κ1) is 19.3. The summed E-state index contributed by atoms with van der Waals surface area (Å²) in [4.78, 5) is 26.2. The Labute approximate surface area is 169 Å². The Morgan fingerprint density at radius 3 is 2.59 bits per heavy atom. The van der Waals surface area contributed by atoms with Gasteiger partial charge in [-0.2, -0.15) is 0 Å². The average Bonchev–Trinajstić information content (AvgIpc) is 2.99. The monoisotopic (exact) mass is 391 g/mol. The van der Waals surface area contributed by atoms with Crippen LogP contribution in [0.1, 0.15) is 34.5 Å². The molecule has 1 aliphatic heterocycles. The third-order valence-electron chi connectivity index (χ3n) is 5.96. The molecule has 0 amide bonds. The Hall–Kier alpha value is -2.99. The number of benzene rings is 2. The van der Waals surface area contributed by atoms with E-state index in [1.807, 2.05) is 25.1 Å². The number of rotatable bonds is 5. The van der Waals surface area contributed by atoms with Crippen molar-refractivity contribution in [3.63, 3.8) is 0 Å². The zero-order chi connectivity index (χ0) is 20.5. The minimum Gasteiger partial charge on any atom is -0.344 e. The van der Waals surface area contributed by atoms with Gasteiger partial charge in [0.2, 0.25) is 0 Å². The summed E-state index contributed by atoms with van der Waals surface area (Å²) < 4.78 is 2.28. The largest absolute Gasteiger partial charge is 0.344 e. The molecule has 6 heteroatoms. The van der Waals surface area contributed by atoms with Gasteiger partial charge in [0, 0.05) is 47.4 Å². The van der Waals surface area contributed by atoms with E-state index in [9.17, 15) is 14.9 Å². The molecule has 1 unspecified atom stereocenters. The number of carbonyl (C=O) groups is 1. The Balaban J connectivity index is 1.73. The first-order chi connectivity index (χ1) is 14.0. The Morgan fingerprint density at radius 2 is 1.90 bits per heavy atom. The summed E-state index contributed by atoms with van der Waals surface area (Å²) >= 11 is 0. The predicted octanol–water partition coefficient (Wildman–Crippen LogP) is 4.43. The summed E-state index contributed by atoms with van der Waals surface area (Å²) in [5.41, 5.74) is 3.19. The third-order valence-corrected chi connectivity index (χ3v) is 5.96. The van der Waals surface area contributed by atoms with Gasteiger partial charge in [-0.3, -0.25) is 14.9 Å². The highest BCUT2D eigenvalue weighted by Gasteiger charge is 2.24. The number of para-hydroxylation sites is 1. The summed E-state index contributed by atoms with van der Waals surface area (Å²) in [5, 5.41) is 11.9. The first-order valence-electron chi connectivity index (χ1n) is 10.0. The summed E-state index contributed by atoms with van der Waals surface area (Å²) in [5.74, 6) is 0.471. The fourth-order valence-corrected chi connectivity index (χ4v) is 4.51. The van der Waals surface area contributed by atoms with Crippen LogP contribution in [-0.4, -0.2) is 40.3 Å². The average molecular weight is 391 g/mol. The number of fused-ring (bicyclic) bond motifs is 1. The van der Waals surface area contributed by atoms with E-state index < -0.39 is 4.92 Å². The van der Waals surface area contributed by atoms with Gasteiger partial charge in [0.1, 0.15) is 0 Å². The Morgan fingerprint density at radius 1 is 1.17 bits per heavy atom. The van der Waals surface area contributed by atoms with Crippen molar-refractivity contribution in [1.82, 2.24) is 9.47 Å². The lowest BCUT2D eigenvalue weighted by atomic mass is 9.98. The van der Waals surface area contributed by atoms with Crippen LogP contribution in [0.4, 0.5) is 5.69 Å². The number of nitro groups is 1. The highest BCUT2D eigenvalue weighted by atomic mass is 16.6. The van der Waals surface area contributed by atoms with Crippen molar-refractivity contribution in [1.29, 1.82) is 0 Å². The van der Waals surface area contributed by atoms with Gasteiger partial charge in [-0.05, 0) is 57.5 Å². The summed E-state index contributed by atoms with van der Waals surface area (Å²) in [6.45, 7) is 5.11. The fraction of sp³-hybridized carbons (Fsp3) is 0.348. The molecular formula is C23H25N3O3. The lowest BCUT2D eigenvalue weighted by molar-refractivity contribution is -0.384. The molecule has 1 aliphatic rings. The molecule has 150 valence electrons. The van der Waals surface area contributed by atoms with Crippen LogP contribution in [0.3, 0.4) is 0 Å². The van der Waals surface area contributed by atoms with Crippen molar-refractivity contribution in [3.05, 3.63) is 75.5 Å². The molecular weight excluding hydrogens is 366 g/mol. The molecule has 1 atom stereocenters. The van der Waals surface area contributed by atoms with Crippen LogP contribution in [0.2, 0.25) is 0 Å². The highest BCUT2D eigenvalue weighted by Crippen LogP contribution is 2.30. The normalized spacial score (nSPS) is 17.5. The summed E-state index contributed by atoms with van der Waals surface area (Å²) in [7, 11) is 2.16. The molecule has 6 nitrogen and oxygen atoms in total. The van der Waals surface area contributed by atoms with E-state index in [-0.39, 0.29) is 11.5 Å². The van der Waals surface area contributed by atoms with Crippen LogP contribution in [-0.2, 0) is 6.54 Å². The van der Waals surface area contributed by atoms with Crippen LogP contribution in [0.25, 0.3) is 10.9 Å². The molecule has 1 saturated heterocycles. The topological polar surface area (TPSA) is 68.4 Å². The van der Waals surface area contributed by atoms with Crippen molar-refractivity contribution in [2.75, 3.05) is 20.1 Å². The molecule has 0 saturated carbocycles. The quantitative estimate of drug-likeness (QED) is 0.366. The molecule has 0 aliphatic carbocycles. The maximum absolute atomic E-state index is 13.3. The number of hydrogen-bond donors (Lipinski definition) is 0. The van der Waals surface area contributed by atoms with Crippen molar-refractivity contribution < 1.29 is 9.72 Å². The number of ketones is 1. The lowest BCUT2D eigenvalue weighted by Gasteiger charge is -2.30. The van der Waals surface area contributed by atoms with E-state index in [2.05, 4.69) is 22.6 Å². The highest BCUT2D eigenvalue weighted by molar-refractivity contribution is 6.17. The summed E-state index contributed by atoms with van der Waals surface area (Å²) in [6, 6.07) is 13.9. The maximum Gasteiger partial charge on any atom is 0.269 e. The Bertz CT molecular complexity index is 1070. The van der Waals surface area contributed by atoms with Crippen LogP contribution < -0.4 is 0 Å². The molecule has 0 radical (unpaired) electrons. The van der Waals surface area contributed by atoms with Gasteiger partial charge in [0.25, 0.3) is 5.69 Å². The third kappa shape index (κ3) is 3.68. The zero-order valence-electron chi connectivity index (χ0n) is 16.8. The van der Waals surface area contributed by atoms with Gasteiger partial charge >= 0.3 is 0 Å². The van der Waals surface area contributed by atoms with Crippen molar-refractivity contribution in [2.24, 2.45) is 5.92 Å². The number of aromatic nitrogens is 1. The van der Waals surface area contributed by atoms with E-state index in [4.69, 9.17) is 0 Å². The van der Waals surface area contributed by atoms with Gasteiger partial charge in [0.15, 0.2) is 5.78 Å². The minimum absolute atomic E-state index is 0.0119. The molecule has 4 rings (SSSR count). The molecule has 0 spiro atoms. The van der Waals surface area contributed by atoms with Crippen molar-refractivity contribution >= 4 is 22.4 Å². The molecule has 0 N–H and O–H groups in total. The fourth-order valence-electron chi connectivity index (χ4n) is 4.51. The second-order valence-corrected chi connectivity index (χ2v) is 7.99. The van der Waals surface area contributed by atoms with Gasteiger partial charge in [0.05, 0.1) is 10.5 Å². The molecule has 1 fully saturated rings. The van der Waals surface area contributed by atoms with E-state index in [0.29, 0.717) is 17.0 Å². The molecule has 2 heterocycles. The minimum atomic E-state index is -0.452. The van der Waals surface area contributed by atoms with Crippen LogP contribution >= 0.6 is 0 Å². The van der Waals surface area contributed by atoms with Crippen LogP contribution in [0, 0.1) is 23.0 Å². The first-order valence-corrected chi connectivity index (χ1v) is 10.0. The number of piperidine rings is 1. The maximum atomic E-state index is 13.3. The van der Waals surface area contributed by atoms with E-state index in [0.717, 1.165) is 36.2 Å². The number of nitro benzene ring substituents is 1. The zero-order valence-corrected chi connectivity index (χ0v) is 16.8. The van der Waals surface area contributed by atoms with Crippen LogP contribution in [0.15, 0.2) is 48.5 Å². The van der Waals surface area contributed by atoms with Crippen molar-refractivity contribution in [3.8, 4) is 0 Å². The molecule has 1 aromatic heterocycles. The van der Waals surface area contributed by atoms with E-state index in [1.54, 1.807) is 12.1 Å². The Kier molecular flexibility index (Phi) is 5.20. The van der Waals surface area contributed by atoms with Crippen LogP contribution in [0.5, 0.6) is 0 Å². The second-order valence-electron chi connectivity index (χ2n) is 7.99. The van der Waals surface area contributed by atoms with Gasteiger partial charge in [-0.25, -0.2) is 0 Å². The number of hydrogen-bond acceptors (Lipinski definition) is 4.